The molecule has 3 rings (SSSR count). The molecule has 0 saturated carbocycles. The van der Waals surface area contributed by atoms with Crippen LogP contribution in [0, 0.1) is 0 Å². The number of thiocarbonyl (C=S) groups is 1. The number of hydrogen-bond acceptors (Lipinski definition) is 1. The molecule has 0 spiro atoms. The summed E-state index contributed by atoms with van der Waals surface area (Å²) in [7, 11) is 0. The van der Waals surface area contributed by atoms with Crippen LogP contribution in [0.5, 0.6) is 0 Å². The fourth-order valence-electron chi connectivity index (χ4n) is 2.74. The van der Waals surface area contributed by atoms with Crippen molar-refractivity contribution in [2.24, 2.45) is 0 Å². The van der Waals surface area contributed by atoms with Gasteiger partial charge in [-0.1, -0.05) is 78.3 Å². The maximum atomic E-state index is 6.01. The fourth-order valence-corrected chi connectivity index (χ4v) is 3.13. The molecule has 3 aromatic carbocycles. The largest absolute Gasteiger partial charge is 0.361 e. The molecule has 0 heterocycles. The first-order chi connectivity index (χ1) is 12.2. The summed E-state index contributed by atoms with van der Waals surface area (Å²) in [5, 5.41) is 7.76. The van der Waals surface area contributed by atoms with Crippen molar-refractivity contribution in [3.8, 4) is 0 Å². The van der Waals surface area contributed by atoms with Gasteiger partial charge in [-0.25, -0.2) is 0 Å². The molecule has 0 fully saturated rings. The maximum absolute atomic E-state index is 6.01. The molecule has 0 aliphatic rings. The highest BCUT2D eigenvalue weighted by Gasteiger charge is 2.14. The van der Waals surface area contributed by atoms with Gasteiger partial charge < -0.3 is 10.6 Å². The molecule has 0 amide bonds. The van der Waals surface area contributed by atoms with Gasteiger partial charge in [-0.15, -0.1) is 0 Å². The van der Waals surface area contributed by atoms with Crippen LogP contribution in [0.1, 0.15) is 17.0 Å². The van der Waals surface area contributed by atoms with Crippen LogP contribution in [0.2, 0.25) is 5.02 Å². The van der Waals surface area contributed by atoms with Crippen LogP contribution in [0.15, 0.2) is 84.9 Å². The summed E-state index contributed by atoms with van der Waals surface area (Å²) in [4.78, 5) is 0. The normalized spacial score (nSPS) is 10.5. The monoisotopic (exact) mass is 366 g/mol. The molecule has 126 valence electrons. The Labute approximate surface area is 158 Å². The quantitative estimate of drug-likeness (QED) is 0.586. The molecule has 0 saturated heterocycles. The van der Waals surface area contributed by atoms with Crippen LogP contribution in [-0.4, -0.2) is 11.7 Å². The lowest BCUT2D eigenvalue weighted by Crippen LogP contribution is -2.32. The zero-order valence-corrected chi connectivity index (χ0v) is 15.2. The minimum atomic E-state index is 0.224. The van der Waals surface area contributed by atoms with Gasteiger partial charge in [0.2, 0.25) is 0 Å². The van der Waals surface area contributed by atoms with Gasteiger partial charge in [0.15, 0.2) is 5.11 Å². The Morgan fingerprint density at radius 3 is 2.00 bits per heavy atom. The molecule has 2 nitrogen and oxygen atoms in total. The second kappa shape index (κ2) is 8.65. The van der Waals surface area contributed by atoms with Crippen LogP contribution in [0.3, 0.4) is 0 Å². The highest BCUT2D eigenvalue weighted by molar-refractivity contribution is 7.80. The maximum Gasteiger partial charge on any atom is 0.170 e. The Hall–Kier alpha value is -2.36. The predicted octanol–water partition coefficient (Wildman–Crippen LogP) is 5.46. The molecule has 2 N–H and O–H groups in total. The number of nitrogens with one attached hydrogen (secondary N) is 2. The van der Waals surface area contributed by atoms with E-state index in [0.717, 1.165) is 5.69 Å². The third-order valence-electron chi connectivity index (χ3n) is 3.95. The first kappa shape index (κ1) is 17.5. The van der Waals surface area contributed by atoms with E-state index in [1.54, 1.807) is 0 Å². The Balaban J connectivity index is 1.70. The lowest BCUT2D eigenvalue weighted by atomic mass is 9.91. The average Bonchev–Trinajstić information content (AvgIpc) is 2.64. The van der Waals surface area contributed by atoms with Crippen LogP contribution < -0.4 is 10.6 Å². The highest BCUT2D eigenvalue weighted by Crippen LogP contribution is 2.23. The average molecular weight is 367 g/mol. The molecule has 0 aromatic heterocycles. The van der Waals surface area contributed by atoms with Crippen LogP contribution in [0.4, 0.5) is 5.69 Å². The Morgan fingerprint density at radius 2 is 1.44 bits per heavy atom. The van der Waals surface area contributed by atoms with Crippen molar-refractivity contribution >= 4 is 34.6 Å². The lowest BCUT2D eigenvalue weighted by molar-refractivity contribution is 0.761. The van der Waals surface area contributed by atoms with Crippen molar-refractivity contribution in [2.75, 3.05) is 11.9 Å². The molecular weight excluding hydrogens is 348 g/mol. The highest BCUT2D eigenvalue weighted by atomic mass is 35.5. The van der Waals surface area contributed by atoms with Gasteiger partial charge in [-0.3, -0.25) is 0 Å². The molecule has 3 aromatic rings. The number of anilines is 1. The smallest absolute Gasteiger partial charge is 0.170 e. The van der Waals surface area contributed by atoms with E-state index in [1.165, 1.54) is 11.1 Å². The zero-order valence-electron chi connectivity index (χ0n) is 13.7. The summed E-state index contributed by atoms with van der Waals surface area (Å²) in [5.74, 6) is 0.224. The van der Waals surface area contributed by atoms with E-state index in [2.05, 4.69) is 59.2 Å². The number of rotatable bonds is 5. The van der Waals surface area contributed by atoms with Crippen molar-refractivity contribution < 1.29 is 0 Å². The molecule has 25 heavy (non-hydrogen) atoms. The first-order valence-corrected chi connectivity index (χ1v) is 8.91. The summed E-state index contributed by atoms with van der Waals surface area (Å²) in [6, 6.07) is 28.4. The Bertz CT molecular complexity index is 782. The zero-order chi connectivity index (χ0) is 17.5. The summed E-state index contributed by atoms with van der Waals surface area (Å²) in [6.45, 7) is 0.709. The van der Waals surface area contributed by atoms with Crippen molar-refractivity contribution in [3.05, 3.63) is 101 Å². The van der Waals surface area contributed by atoms with Crippen molar-refractivity contribution in [3.63, 3.8) is 0 Å². The van der Waals surface area contributed by atoms with Crippen LogP contribution in [0.25, 0.3) is 0 Å². The summed E-state index contributed by atoms with van der Waals surface area (Å²) in [5.41, 5.74) is 3.39. The summed E-state index contributed by atoms with van der Waals surface area (Å²) < 4.78 is 0. The van der Waals surface area contributed by atoms with Crippen molar-refractivity contribution in [1.82, 2.24) is 5.32 Å². The minimum Gasteiger partial charge on any atom is -0.361 e. The lowest BCUT2D eigenvalue weighted by Gasteiger charge is -2.20. The van der Waals surface area contributed by atoms with Gasteiger partial charge in [0, 0.05) is 23.2 Å². The standard InChI is InChI=1S/C21H19ClN2S/c22-18-12-7-13-19(14-18)24-21(25)23-15-20(16-8-3-1-4-9-16)17-10-5-2-6-11-17/h1-14,20H,15H2,(H2,23,24,25). The third kappa shape index (κ3) is 5.05. The van der Waals surface area contributed by atoms with Crippen LogP contribution in [-0.2, 0) is 0 Å². The van der Waals surface area contributed by atoms with Crippen LogP contribution >= 0.6 is 23.8 Å². The van der Waals surface area contributed by atoms with Crippen molar-refractivity contribution in [2.45, 2.75) is 5.92 Å². The molecular formula is C21H19ClN2S. The summed E-state index contributed by atoms with van der Waals surface area (Å²) in [6.07, 6.45) is 0. The van der Waals surface area contributed by atoms with E-state index in [4.69, 9.17) is 23.8 Å². The van der Waals surface area contributed by atoms with Gasteiger partial charge in [0.25, 0.3) is 0 Å². The van der Waals surface area contributed by atoms with E-state index in [0.29, 0.717) is 16.7 Å². The van der Waals surface area contributed by atoms with Gasteiger partial charge in [0.1, 0.15) is 0 Å². The van der Waals surface area contributed by atoms with Gasteiger partial charge in [-0.2, -0.15) is 0 Å². The topological polar surface area (TPSA) is 24.1 Å². The van der Waals surface area contributed by atoms with E-state index < -0.39 is 0 Å². The predicted molar refractivity (Wildman–Crippen MR) is 110 cm³/mol. The van der Waals surface area contributed by atoms with Crippen molar-refractivity contribution in [1.29, 1.82) is 0 Å². The summed E-state index contributed by atoms with van der Waals surface area (Å²) >= 11 is 11.4. The van der Waals surface area contributed by atoms with E-state index in [-0.39, 0.29) is 5.92 Å². The molecule has 0 atom stereocenters. The number of hydrogen-bond donors (Lipinski definition) is 2. The molecule has 0 bridgehead atoms. The minimum absolute atomic E-state index is 0.224. The molecule has 0 aliphatic carbocycles. The Kier molecular flexibility index (Phi) is 6.04. The number of benzene rings is 3. The van der Waals surface area contributed by atoms with E-state index in [1.807, 2.05) is 36.4 Å². The van der Waals surface area contributed by atoms with Gasteiger partial charge >= 0.3 is 0 Å². The molecule has 4 heteroatoms. The third-order valence-corrected chi connectivity index (χ3v) is 4.43. The van der Waals surface area contributed by atoms with Gasteiger partial charge in [0.05, 0.1) is 0 Å². The number of halogens is 1. The SMILES string of the molecule is S=C(NCC(c1ccccc1)c1ccccc1)Nc1cccc(Cl)c1. The second-order valence-corrected chi connectivity index (χ2v) is 6.56. The first-order valence-electron chi connectivity index (χ1n) is 8.12. The fraction of sp³-hybridized carbons (Fsp3) is 0.0952. The molecule has 0 radical (unpaired) electrons. The van der Waals surface area contributed by atoms with Gasteiger partial charge in [-0.05, 0) is 41.5 Å². The molecule has 0 aliphatic heterocycles. The van der Waals surface area contributed by atoms with E-state index >= 15 is 0 Å². The molecule has 0 unspecified atom stereocenters. The second-order valence-electron chi connectivity index (χ2n) is 5.72. The van der Waals surface area contributed by atoms with E-state index in [9.17, 15) is 0 Å². The Morgan fingerprint density at radius 1 is 0.840 bits per heavy atom.